The topological polar surface area (TPSA) is 74.3 Å². The molecule has 0 spiro atoms. The molecule has 1 amide bonds. The standard InChI is InChI=1S/C23H33NO6/c1-23(2,3)30-22(26)24-14-6-7-18(13-15-24)29-21(25)17-9-11-19(12-10-17)28-20-8-4-5-16-27-20/h9-12,18,20H,4-8,13-16H2,1-3H3. The minimum absolute atomic E-state index is 0.212. The third-order valence-corrected chi connectivity index (χ3v) is 5.10. The van der Waals surface area contributed by atoms with Crippen molar-refractivity contribution in [3.05, 3.63) is 29.8 Å². The predicted molar refractivity (Wildman–Crippen MR) is 112 cm³/mol. The molecule has 7 nitrogen and oxygen atoms in total. The minimum atomic E-state index is -0.520. The summed E-state index contributed by atoms with van der Waals surface area (Å²) in [6, 6.07) is 6.96. The van der Waals surface area contributed by atoms with E-state index in [9.17, 15) is 9.59 Å². The second kappa shape index (κ2) is 10.2. The number of hydrogen-bond donors (Lipinski definition) is 0. The van der Waals surface area contributed by atoms with Crippen molar-refractivity contribution in [2.24, 2.45) is 0 Å². The van der Waals surface area contributed by atoms with E-state index in [1.54, 1.807) is 29.2 Å². The maximum Gasteiger partial charge on any atom is 0.410 e. The Labute approximate surface area is 178 Å². The van der Waals surface area contributed by atoms with Crippen molar-refractivity contribution in [3.8, 4) is 5.75 Å². The zero-order valence-electron chi connectivity index (χ0n) is 18.2. The number of likely N-dealkylation sites (tertiary alicyclic amines) is 1. The van der Waals surface area contributed by atoms with Gasteiger partial charge in [0.05, 0.1) is 12.2 Å². The summed E-state index contributed by atoms with van der Waals surface area (Å²) in [7, 11) is 0. The highest BCUT2D eigenvalue weighted by atomic mass is 16.7. The van der Waals surface area contributed by atoms with E-state index in [-0.39, 0.29) is 24.5 Å². The molecule has 0 bridgehead atoms. The summed E-state index contributed by atoms with van der Waals surface area (Å²) in [6.07, 6.45) is 4.41. The fourth-order valence-corrected chi connectivity index (χ4v) is 3.54. The highest BCUT2D eigenvalue weighted by Gasteiger charge is 2.27. The van der Waals surface area contributed by atoms with E-state index in [1.807, 2.05) is 20.8 Å². The van der Waals surface area contributed by atoms with Crippen LogP contribution < -0.4 is 4.74 Å². The van der Waals surface area contributed by atoms with Crippen LogP contribution in [0.3, 0.4) is 0 Å². The van der Waals surface area contributed by atoms with Gasteiger partial charge in [0.15, 0.2) is 6.29 Å². The molecule has 0 radical (unpaired) electrons. The SMILES string of the molecule is CC(C)(C)OC(=O)N1CCCC(OC(=O)c2ccc(OC3CCCCO3)cc2)CC1. The highest BCUT2D eigenvalue weighted by Crippen LogP contribution is 2.22. The molecule has 0 saturated carbocycles. The highest BCUT2D eigenvalue weighted by molar-refractivity contribution is 5.89. The number of esters is 1. The number of amides is 1. The number of nitrogens with zero attached hydrogens (tertiary/aromatic N) is 1. The third-order valence-electron chi connectivity index (χ3n) is 5.10. The molecule has 2 heterocycles. The Kier molecular flexibility index (Phi) is 7.58. The Bertz CT molecular complexity index is 705. The van der Waals surface area contributed by atoms with E-state index in [2.05, 4.69) is 0 Å². The van der Waals surface area contributed by atoms with Crippen molar-refractivity contribution in [2.45, 2.75) is 77.3 Å². The summed E-state index contributed by atoms with van der Waals surface area (Å²) in [5.74, 6) is 0.326. The van der Waals surface area contributed by atoms with Gasteiger partial charge in [-0.25, -0.2) is 9.59 Å². The largest absolute Gasteiger partial charge is 0.465 e. The molecule has 1 aromatic carbocycles. The smallest absolute Gasteiger partial charge is 0.410 e. The molecule has 2 unspecified atom stereocenters. The first-order valence-electron chi connectivity index (χ1n) is 10.9. The molecule has 2 saturated heterocycles. The summed E-state index contributed by atoms with van der Waals surface area (Å²) in [6.45, 7) is 7.41. The normalized spacial score (nSPS) is 22.7. The monoisotopic (exact) mass is 419 g/mol. The predicted octanol–water partition coefficient (Wildman–Crippen LogP) is 4.54. The summed E-state index contributed by atoms with van der Waals surface area (Å²) >= 11 is 0. The van der Waals surface area contributed by atoms with Crippen LogP contribution in [0.15, 0.2) is 24.3 Å². The van der Waals surface area contributed by atoms with Crippen LogP contribution in [0.1, 0.15) is 69.7 Å². The lowest BCUT2D eigenvalue weighted by atomic mass is 10.1. The number of carbonyl (C=O) groups excluding carboxylic acids is 2. The lowest BCUT2D eigenvalue weighted by Gasteiger charge is -2.26. The van der Waals surface area contributed by atoms with Crippen LogP contribution in [0.5, 0.6) is 5.75 Å². The van der Waals surface area contributed by atoms with Gasteiger partial charge in [-0.1, -0.05) is 0 Å². The number of rotatable bonds is 4. The van der Waals surface area contributed by atoms with Gasteiger partial charge in [0.2, 0.25) is 0 Å². The van der Waals surface area contributed by atoms with Gasteiger partial charge < -0.3 is 23.8 Å². The molecule has 2 aliphatic heterocycles. The molecule has 30 heavy (non-hydrogen) atoms. The average molecular weight is 420 g/mol. The fraction of sp³-hybridized carbons (Fsp3) is 0.652. The van der Waals surface area contributed by atoms with Crippen LogP contribution in [-0.2, 0) is 14.2 Å². The van der Waals surface area contributed by atoms with Crippen molar-refractivity contribution in [1.29, 1.82) is 0 Å². The molecule has 7 heteroatoms. The van der Waals surface area contributed by atoms with Gasteiger partial charge in [0.1, 0.15) is 17.5 Å². The third kappa shape index (κ3) is 6.90. The van der Waals surface area contributed by atoms with Gasteiger partial charge in [-0.3, -0.25) is 0 Å². The molecule has 2 fully saturated rings. The van der Waals surface area contributed by atoms with Crippen LogP contribution in [-0.4, -0.2) is 54.7 Å². The molecule has 0 aliphatic carbocycles. The van der Waals surface area contributed by atoms with Crippen LogP contribution in [0, 0.1) is 0 Å². The van der Waals surface area contributed by atoms with E-state index in [0.717, 1.165) is 38.7 Å². The lowest BCUT2D eigenvalue weighted by molar-refractivity contribution is -0.105. The first-order chi connectivity index (χ1) is 14.3. The van der Waals surface area contributed by atoms with Gasteiger partial charge in [0.25, 0.3) is 0 Å². The number of ether oxygens (including phenoxy) is 4. The van der Waals surface area contributed by atoms with Crippen molar-refractivity contribution in [1.82, 2.24) is 4.90 Å². The summed E-state index contributed by atoms with van der Waals surface area (Å²) < 4.78 is 22.5. The number of benzene rings is 1. The molecule has 166 valence electrons. The van der Waals surface area contributed by atoms with Crippen LogP contribution in [0.25, 0.3) is 0 Å². The van der Waals surface area contributed by atoms with Crippen LogP contribution >= 0.6 is 0 Å². The lowest BCUT2D eigenvalue weighted by Crippen LogP contribution is -2.37. The Morgan fingerprint density at radius 2 is 1.77 bits per heavy atom. The maximum atomic E-state index is 12.5. The van der Waals surface area contributed by atoms with Gasteiger partial charge in [0, 0.05) is 25.9 Å². The summed E-state index contributed by atoms with van der Waals surface area (Å²) in [5, 5.41) is 0. The molecule has 2 aliphatic rings. The van der Waals surface area contributed by atoms with Gasteiger partial charge in [-0.05, 0) is 70.7 Å². The van der Waals surface area contributed by atoms with Crippen molar-refractivity contribution in [2.75, 3.05) is 19.7 Å². The number of carbonyl (C=O) groups is 2. The van der Waals surface area contributed by atoms with Crippen molar-refractivity contribution < 1.29 is 28.5 Å². The Balaban J connectivity index is 1.47. The molecular weight excluding hydrogens is 386 g/mol. The Morgan fingerprint density at radius 1 is 1.00 bits per heavy atom. The Hall–Kier alpha value is -2.28. The first-order valence-corrected chi connectivity index (χ1v) is 10.9. The zero-order valence-corrected chi connectivity index (χ0v) is 18.2. The summed E-state index contributed by atoms with van der Waals surface area (Å²) in [5.41, 5.74) is -0.0333. The molecule has 2 atom stereocenters. The molecular formula is C23H33NO6. The van der Waals surface area contributed by atoms with Gasteiger partial charge >= 0.3 is 12.1 Å². The van der Waals surface area contributed by atoms with E-state index in [4.69, 9.17) is 18.9 Å². The molecule has 0 N–H and O–H groups in total. The van der Waals surface area contributed by atoms with Crippen LogP contribution in [0.4, 0.5) is 4.79 Å². The van der Waals surface area contributed by atoms with Gasteiger partial charge in [-0.2, -0.15) is 0 Å². The average Bonchev–Trinajstić information content (AvgIpc) is 2.94. The fourth-order valence-electron chi connectivity index (χ4n) is 3.54. The van der Waals surface area contributed by atoms with Crippen molar-refractivity contribution >= 4 is 12.1 Å². The Morgan fingerprint density at radius 3 is 2.43 bits per heavy atom. The quantitative estimate of drug-likeness (QED) is 0.667. The van der Waals surface area contributed by atoms with E-state index in [0.29, 0.717) is 30.8 Å². The zero-order chi connectivity index (χ0) is 21.6. The minimum Gasteiger partial charge on any atom is -0.465 e. The van der Waals surface area contributed by atoms with E-state index < -0.39 is 5.60 Å². The van der Waals surface area contributed by atoms with Crippen LogP contribution in [0.2, 0.25) is 0 Å². The van der Waals surface area contributed by atoms with E-state index >= 15 is 0 Å². The first kappa shape index (κ1) is 22.4. The summed E-state index contributed by atoms with van der Waals surface area (Å²) in [4.78, 5) is 26.5. The van der Waals surface area contributed by atoms with Gasteiger partial charge in [-0.15, -0.1) is 0 Å². The second-order valence-corrected chi connectivity index (χ2v) is 8.86. The molecule has 1 aromatic rings. The van der Waals surface area contributed by atoms with E-state index in [1.165, 1.54) is 0 Å². The maximum absolute atomic E-state index is 12.5. The molecule has 0 aromatic heterocycles. The number of hydrogen-bond acceptors (Lipinski definition) is 6. The van der Waals surface area contributed by atoms with Crippen molar-refractivity contribution in [3.63, 3.8) is 0 Å². The second-order valence-electron chi connectivity index (χ2n) is 8.86. The molecule has 3 rings (SSSR count).